The Morgan fingerprint density at radius 1 is 1.25 bits per heavy atom. The standard InChI is InChI=1S/C11H12F4O/c1-5(2)7-4-8(11(13,14)15)6(3)9(12)10(7)16/h4-5,16H,1-3H3. The van der Waals surface area contributed by atoms with Crippen LogP contribution < -0.4 is 0 Å². The van der Waals surface area contributed by atoms with Gasteiger partial charge in [0, 0.05) is 11.1 Å². The molecule has 0 fully saturated rings. The van der Waals surface area contributed by atoms with E-state index in [0.29, 0.717) is 0 Å². The summed E-state index contributed by atoms with van der Waals surface area (Å²) in [6.07, 6.45) is -4.61. The molecule has 16 heavy (non-hydrogen) atoms. The molecule has 0 aliphatic rings. The van der Waals surface area contributed by atoms with Crippen LogP contribution in [0.1, 0.15) is 36.5 Å². The smallest absolute Gasteiger partial charge is 0.416 e. The lowest BCUT2D eigenvalue weighted by Crippen LogP contribution is -2.10. The highest BCUT2D eigenvalue weighted by atomic mass is 19.4. The Bertz CT molecular complexity index is 407. The van der Waals surface area contributed by atoms with Crippen LogP contribution >= 0.6 is 0 Å². The number of phenols is 1. The van der Waals surface area contributed by atoms with Crippen molar-refractivity contribution in [3.63, 3.8) is 0 Å². The first-order valence-corrected chi connectivity index (χ1v) is 4.75. The molecular weight excluding hydrogens is 224 g/mol. The molecule has 1 aromatic carbocycles. The largest absolute Gasteiger partial charge is 0.505 e. The van der Waals surface area contributed by atoms with Crippen LogP contribution in [0.15, 0.2) is 6.07 Å². The lowest BCUT2D eigenvalue weighted by atomic mass is 9.95. The predicted molar refractivity (Wildman–Crippen MR) is 51.9 cm³/mol. The molecule has 0 radical (unpaired) electrons. The van der Waals surface area contributed by atoms with Gasteiger partial charge in [-0.05, 0) is 18.9 Å². The second kappa shape index (κ2) is 3.96. The fourth-order valence-corrected chi connectivity index (χ4v) is 1.49. The van der Waals surface area contributed by atoms with Crippen LogP contribution in [0.4, 0.5) is 17.6 Å². The van der Waals surface area contributed by atoms with Crippen LogP contribution in [0.2, 0.25) is 0 Å². The Labute approximate surface area is 90.7 Å². The van der Waals surface area contributed by atoms with Gasteiger partial charge < -0.3 is 5.11 Å². The maximum absolute atomic E-state index is 13.4. The van der Waals surface area contributed by atoms with Crippen molar-refractivity contribution in [3.8, 4) is 5.75 Å². The minimum absolute atomic E-state index is 0.0320. The molecule has 0 heterocycles. The molecule has 0 saturated carbocycles. The summed E-state index contributed by atoms with van der Waals surface area (Å²) in [5.41, 5.74) is -1.64. The summed E-state index contributed by atoms with van der Waals surface area (Å²) >= 11 is 0. The Morgan fingerprint density at radius 3 is 2.12 bits per heavy atom. The average molecular weight is 236 g/mol. The van der Waals surface area contributed by atoms with Gasteiger partial charge in [-0.3, -0.25) is 0 Å². The molecule has 0 aliphatic carbocycles. The summed E-state index contributed by atoms with van der Waals surface area (Å²) in [6, 6.07) is 0.804. The fourth-order valence-electron chi connectivity index (χ4n) is 1.49. The van der Waals surface area contributed by atoms with E-state index in [0.717, 1.165) is 13.0 Å². The fraction of sp³-hybridized carbons (Fsp3) is 0.455. The summed E-state index contributed by atoms with van der Waals surface area (Å²) in [5, 5.41) is 9.40. The third-order valence-corrected chi connectivity index (χ3v) is 2.44. The van der Waals surface area contributed by atoms with Crippen LogP contribution in [0.25, 0.3) is 0 Å². The van der Waals surface area contributed by atoms with E-state index in [9.17, 15) is 22.7 Å². The molecule has 0 aliphatic heterocycles. The van der Waals surface area contributed by atoms with Crippen molar-refractivity contribution in [2.75, 3.05) is 0 Å². The van der Waals surface area contributed by atoms with Crippen LogP contribution in [0.5, 0.6) is 5.75 Å². The van der Waals surface area contributed by atoms with Crippen LogP contribution in [-0.4, -0.2) is 5.11 Å². The molecule has 1 nitrogen and oxygen atoms in total. The summed E-state index contributed by atoms with van der Waals surface area (Å²) in [6.45, 7) is 4.18. The minimum Gasteiger partial charge on any atom is -0.505 e. The van der Waals surface area contributed by atoms with Gasteiger partial charge in [0.2, 0.25) is 0 Å². The van der Waals surface area contributed by atoms with E-state index >= 15 is 0 Å². The number of alkyl halides is 3. The first-order chi connectivity index (χ1) is 7.16. The molecule has 0 spiro atoms. The van der Waals surface area contributed by atoms with E-state index in [1.54, 1.807) is 13.8 Å². The van der Waals surface area contributed by atoms with Gasteiger partial charge in [0.25, 0.3) is 0 Å². The van der Waals surface area contributed by atoms with Gasteiger partial charge in [0.05, 0.1) is 5.56 Å². The second-order valence-corrected chi connectivity index (χ2v) is 3.95. The molecule has 0 amide bonds. The van der Waals surface area contributed by atoms with E-state index < -0.39 is 28.9 Å². The third-order valence-electron chi connectivity index (χ3n) is 2.44. The number of benzene rings is 1. The van der Waals surface area contributed by atoms with Gasteiger partial charge in [0.1, 0.15) is 0 Å². The Kier molecular flexibility index (Phi) is 3.17. The summed E-state index contributed by atoms with van der Waals surface area (Å²) in [4.78, 5) is 0. The highest BCUT2D eigenvalue weighted by Gasteiger charge is 2.35. The summed E-state index contributed by atoms with van der Waals surface area (Å²) in [7, 11) is 0. The molecule has 1 N–H and O–H groups in total. The lowest BCUT2D eigenvalue weighted by Gasteiger charge is -2.16. The zero-order chi connectivity index (χ0) is 12.7. The molecule has 0 atom stereocenters. The van der Waals surface area contributed by atoms with E-state index in [4.69, 9.17) is 0 Å². The van der Waals surface area contributed by atoms with E-state index in [1.807, 2.05) is 0 Å². The van der Waals surface area contributed by atoms with Gasteiger partial charge in [-0.25, -0.2) is 4.39 Å². The van der Waals surface area contributed by atoms with Gasteiger partial charge in [0.15, 0.2) is 11.6 Å². The van der Waals surface area contributed by atoms with Crippen LogP contribution in [0.3, 0.4) is 0 Å². The zero-order valence-corrected chi connectivity index (χ0v) is 9.11. The number of aromatic hydroxyl groups is 1. The van der Waals surface area contributed by atoms with E-state index in [1.165, 1.54) is 0 Å². The first-order valence-electron chi connectivity index (χ1n) is 4.75. The monoisotopic (exact) mass is 236 g/mol. The van der Waals surface area contributed by atoms with Crippen LogP contribution in [0, 0.1) is 12.7 Å². The quantitative estimate of drug-likeness (QED) is 0.731. The molecule has 0 unspecified atom stereocenters. The molecule has 0 aromatic heterocycles. The van der Waals surface area contributed by atoms with Gasteiger partial charge in [-0.2, -0.15) is 13.2 Å². The molecule has 5 heteroatoms. The molecular formula is C11H12F4O. The Morgan fingerprint density at radius 2 is 1.75 bits per heavy atom. The highest BCUT2D eigenvalue weighted by Crippen LogP contribution is 2.39. The third kappa shape index (κ3) is 2.13. The SMILES string of the molecule is Cc1c(C(F)(F)F)cc(C(C)C)c(O)c1F. The van der Waals surface area contributed by atoms with Crippen molar-refractivity contribution in [2.24, 2.45) is 0 Å². The summed E-state index contributed by atoms with van der Waals surface area (Å²) < 4.78 is 51.1. The average Bonchev–Trinajstić information content (AvgIpc) is 2.11. The molecule has 1 rings (SSSR count). The molecule has 0 saturated heterocycles. The van der Waals surface area contributed by atoms with Crippen molar-refractivity contribution < 1.29 is 22.7 Å². The lowest BCUT2D eigenvalue weighted by molar-refractivity contribution is -0.138. The second-order valence-electron chi connectivity index (χ2n) is 3.95. The molecule has 1 aromatic rings. The van der Waals surface area contributed by atoms with Crippen molar-refractivity contribution in [1.82, 2.24) is 0 Å². The number of hydrogen-bond donors (Lipinski definition) is 1. The molecule has 0 bridgehead atoms. The number of rotatable bonds is 1. The number of phenolic OH excluding ortho intramolecular Hbond substituents is 1. The van der Waals surface area contributed by atoms with Gasteiger partial charge in [-0.1, -0.05) is 13.8 Å². The first kappa shape index (κ1) is 12.8. The van der Waals surface area contributed by atoms with E-state index in [-0.39, 0.29) is 11.5 Å². The Hall–Kier alpha value is -1.26. The number of halogens is 4. The molecule has 90 valence electrons. The summed E-state index contributed by atoms with van der Waals surface area (Å²) in [5.74, 6) is -2.27. The predicted octanol–water partition coefficient (Wildman–Crippen LogP) is 3.98. The van der Waals surface area contributed by atoms with Crippen molar-refractivity contribution in [1.29, 1.82) is 0 Å². The van der Waals surface area contributed by atoms with Gasteiger partial charge in [-0.15, -0.1) is 0 Å². The van der Waals surface area contributed by atoms with Crippen molar-refractivity contribution in [2.45, 2.75) is 32.9 Å². The van der Waals surface area contributed by atoms with Gasteiger partial charge >= 0.3 is 6.18 Å². The van der Waals surface area contributed by atoms with Crippen LogP contribution in [-0.2, 0) is 6.18 Å². The number of hydrogen-bond acceptors (Lipinski definition) is 1. The maximum atomic E-state index is 13.4. The normalized spacial score (nSPS) is 12.2. The van der Waals surface area contributed by atoms with Crippen molar-refractivity contribution in [3.05, 3.63) is 28.6 Å². The Balaban J connectivity index is 3.54. The minimum atomic E-state index is -4.61. The maximum Gasteiger partial charge on any atom is 0.416 e. The zero-order valence-electron chi connectivity index (χ0n) is 9.11. The van der Waals surface area contributed by atoms with Crippen molar-refractivity contribution >= 4 is 0 Å². The van der Waals surface area contributed by atoms with E-state index in [2.05, 4.69) is 0 Å². The topological polar surface area (TPSA) is 20.2 Å². The highest BCUT2D eigenvalue weighted by molar-refractivity contribution is 5.45.